The van der Waals surface area contributed by atoms with Crippen molar-refractivity contribution in [2.24, 2.45) is 5.92 Å². The van der Waals surface area contributed by atoms with Gasteiger partial charge in [-0.15, -0.1) is 0 Å². The van der Waals surface area contributed by atoms with Crippen molar-refractivity contribution < 1.29 is 18.0 Å². The van der Waals surface area contributed by atoms with Crippen molar-refractivity contribution in [3.05, 3.63) is 83.9 Å². The van der Waals surface area contributed by atoms with E-state index in [4.69, 9.17) is 0 Å². The minimum Gasteiger partial charge on any atom is -0.326 e. The minimum atomic E-state index is -3.75. The smallest absolute Gasteiger partial charge is 0.261 e. The first-order chi connectivity index (χ1) is 15.7. The summed E-state index contributed by atoms with van der Waals surface area (Å²) in [5, 5.41) is 2.79. The third-order valence-electron chi connectivity index (χ3n) is 5.64. The van der Waals surface area contributed by atoms with Crippen LogP contribution in [0.1, 0.15) is 17.5 Å². The molecule has 7 nitrogen and oxygen atoms in total. The van der Waals surface area contributed by atoms with Crippen LogP contribution in [-0.2, 0) is 19.6 Å². The molecule has 33 heavy (non-hydrogen) atoms. The van der Waals surface area contributed by atoms with Gasteiger partial charge in [0.05, 0.1) is 10.8 Å². The molecule has 1 unspecified atom stereocenters. The van der Waals surface area contributed by atoms with Gasteiger partial charge in [0, 0.05) is 30.0 Å². The van der Waals surface area contributed by atoms with Gasteiger partial charge in [0.25, 0.3) is 10.0 Å². The maximum absolute atomic E-state index is 12.8. The van der Waals surface area contributed by atoms with Crippen LogP contribution in [0.2, 0.25) is 0 Å². The molecule has 0 bridgehead atoms. The Balaban J connectivity index is 1.40. The molecule has 8 heteroatoms. The van der Waals surface area contributed by atoms with Crippen molar-refractivity contribution in [2.45, 2.75) is 25.2 Å². The largest absolute Gasteiger partial charge is 0.326 e. The number of nitrogens with zero attached hydrogens (tertiary/aromatic N) is 1. The fourth-order valence-electron chi connectivity index (χ4n) is 3.78. The highest BCUT2D eigenvalue weighted by Crippen LogP contribution is 2.28. The lowest BCUT2D eigenvalue weighted by Gasteiger charge is -2.19. The van der Waals surface area contributed by atoms with Gasteiger partial charge < -0.3 is 10.2 Å². The Morgan fingerprint density at radius 2 is 1.55 bits per heavy atom. The third kappa shape index (κ3) is 5.06. The van der Waals surface area contributed by atoms with Crippen LogP contribution >= 0.6 is 0 Å². The average molecular weight is 464 g/mol. The lowest BCUT2D eigenvalue weighted by Crippen LogP contribution is -2.28. The number of carbonyl (C=O) groups excluding carboxylic acids is 2. The van der Waals surface area contributed by atoms with Crippen LogP contribution in [0, 0.1) is 19.8 Å². The third-order valence-corrected chi connectivity index (χ3v) is 7.04. The minimum absolute atomic E-state index is 0.0860. The molecule has 1 atom stereocenters. The van der Waals surface area contributed by atoms with Gasteiger partial charge in [-0.3, -0.25) is 14.3 Å². The molecule has 2 amide bonds. The standard InChI is InChI=1S/C25H25N3O4S/c1-17-7-9-21(10-8-17)27-33(31,32)22-13-11-20(12-14-22)26-25(30)19-15-24(29)28(16-19)23-6-4-3-5-18(23)2/h3-14,19,27H,15-16H2,1-2H3,(H,26,30). The quantitative estimate of drug-likeness (QED) is 0.575. The number of hydrogen-bond acceptors (Lipinski definition) is 4. The van der Waals surface area contributed by atoms with E-state index in [1.807, 2.05) is 50.2 Å². The van der Waals surface area contributed by atoms with Crippen LogP contribution in [0.25, 0.3) is 0 Å². The Kier molecular flexibility index (Phi) is 6.20. The lowest BCUT2D eigenvalue weighted by molar-refractivity contribution is -0.122. The second-order valence-corrected chi connectivity index (χ2v) is 9.86. The molecule has 1 heterocycles. The molecule has 3 aromatic rings. The van der Waals surface area contributed by atoms with E-state index in [0.717, 1.165) is 16.8 Å². The Bertz CT molecular complexity index is 1290. The molecular weight excluding hydrogens is 438 g/mol. The zero-order chi connectivity index (χ0) is 23.6. The molecule has 0 radical (unpaired) electrons. The Hall–Kier alpha value is -3.65. The first-order valence-corrected chi connectivity index (χ1v) is 12.1. The highest BCUT2D eigenvalue weighted by molar-refractivity contribution is 7.92. The molecule has 1 saturated heterocycles. The summed E-state index contributed by atoms with van der Waals surface area (Å²) >= 11 is 0. The highest BCUT2D eigenvalue weighted by Gasteiger charge is 2.35. The summed E-state index contributed by atoms with van der Waals surface area (Å²) in [5.74, 6) is -0.843. The second kappa shape index (κ2) is 9.07. The van der Waals surface area contributed by atoms with Gasteiger partial charge in [-0.25, -0.2) is 8.42 Å². The second-order valence-electron chi connectivity index (χ2n) is 8.18. The van der Waals surface area contributed by atoms with Crippen molar-refractivity contribution in [3.8, 4) is 0 Å². The van der Waals surface area contributed by atoms with Crippen LogP contribution in [0.4, 0.5) is 17.1 Å². The first kappa shape index (κ1) is 22.5. The predicted octanol–water partition coefficient (Wildman–Crippen LogP) is 4.10. The number of sulfonamides is 1. The van der Waals surface area contributed by atoms with Gasteiger partial charge in [0.1, 0.15) is 0 Å². The van der Waals surface area contributed by atoms with Crippen molar-refractivity contribution in [3.63, 3.8) is 0 Å². The summed E-state index contributed by atoms with van der Waals surface area (Å²) < 4.78 is 27.8. The number of para-hydroxylation sites is 1. The van der Waals surface area contributed by atoms with E-state index >= 15 is 0 Å². The predicted molar refractivity (Wildman–Crippen MR) is 129 cm³/mol. The van der Waals surface area contributed by atoms with Gasteiger partial charge in [-0.05, 0) is 61.9 Å². The fraction of sp³-hybridized carbons (Fsp3) is 0.200. The summed E-state index contributed by atoms with van der Waals surface area (Å²) in [6.45, 7) is 4.16. The van der Waals surface area contributed by atoms with Crippen molar-refractivity contribution in [1.29, 1.82) is 0 Å². The van der Waals surface area contributed by atoms with Gasteiger partial charge >= 0.3 is 0 Å². The maximum Gasteiger partial charge on any atom is 0.261 e. The van der Waals surface area contributed by atoms with E-state index in [0.29, 0.717) is 17.9 Å². The molecular formula is C25H25N3O4S. The van der Waals surface area contributed by atoms with Crippen LogP contribution < -0.4 is 14.9 Å². The van der Waals surface area contributed by atoms with Gasteiger partial charge in [0.2, 0.25) is 11.8 Å². The van der Waals surface area contributed by atoms with E-state index < -0.39 is 15.9 Å². The monoisotopic (exact) mass is 463 g/mol. The SMILES string of the molecule is Cc1ccc(NS(=O)(=O)c2ccc(NC(=O)C3CC(=O)N(c4ccccc4C)C3)cc2)cc1. The number of rotatable bonds is 6. The van der Waals surface area contributed by atoms with E-state index in [2.05, 4.69) is 10.0 Å². The van der Waals surface area contributed by atoms with Crippen molar-refractivity contribution >= 4 is 38.9 Å². The number of anilines is 3. The number of amides is 2. The molecule has 0 aliphatic carbocycles. The van der Waals surface area contributed by atoms with Crippen LogP contribution in [0.3, 0.4) is 0 Å². The summed E-state index contributed by atoms with van der Waals surface area (Å²) in [6, 6.07) is 20.6. The van der Waals surface area contributed by atoms with Gasteiger partial charge in [0.15, 0.2) is 0 Å². The van der Waals surface area contributed by atoms with E-state index in [1.54, 1.807) is 17.0 Å². The topological polar surface area (TPSA) is 95.6 Å². The zero-order valence-electron chi connectivity index (χ0n) is 18.4. The zero-order valence-corrected chi connectivity index (χ0v) is 19.2. The molecule has 1 aliphatic heterocycles. The van der Waals surface area contributed by atoms with Crippen LogP contribution in [0.15, 0.2) is 77.7 Å². The molecule has 170 valence electrons. The summed E-state index contributed by atoms with van der Waals surface area (Å²) in [7, 11) is -3.75. The summed E-state index contributed by atoms with van der Waals surface area (Å²) in [6.07, 6.45) is 0.132. The van der Waals surface area contributed by atoms with Crippen LogP contribution in [-0.4, -0.2) is 26.8 Å². The van der Waals surface area contributed by atoms with Crippen molar-refractivity contribution in [1.82, 2.24) is 0 Å². The number of carbonyl (C=O) groups is 2. The molecule has 3 aromatic carbocycles. The van der Waals surface area contributed by atoms with Gasteiger partial charge in [-0.2, -0.15) is 0 Å². The number of aryl methyl sites for hydroxylation is 2. The van der Waals surface area contributed by atoms with E-state index in [1.165, 1.54) is 24.3 Å². The molecule has 1 aliphatic rings. The van der Waals surface area contributed by atoms with E-state index in [9.17, 15) is 18.0 Å². The maximum atomic E-state index is 12.8. The average Bonchev–Trinajstić information content (AvgIpc) is 3.17. The summed E-state index contributed by atoms with van der Waals surface area (Å²) in [5.41, 5.74) is 3.76. The Morgan fingerprint density at radius 3 is 2.21 bits per heavy atom. The Labute approximate surface area is 193 Å². The van der Waals surface area contributed by atoms with Crippen molar-refractivity contribution in [2.75, 3.05) is 21.5 Å². The molecule has 1 fully saturated rings. The number of nitrogens with one attached hydrogen (secondary N) is 2. The molecule has 0 saturated carbocycles. The first-order valence-electron chi connectivity index (χ1n) is 10.6. The fourth-order valence-corrected chi connectivity index (χ4v) is 4.84. The molecule has 0 spiro atoms. The number of benzene rings is 3. The molecule has 4 rings (SSSR count). The number of hydrogen-bond donors (Lipinski definition) is 2. The highest BCUT2D eigenvalue weighted by atomic mass is 32.2. The normalized spacial score (nSPS) is 16.0. The molecule has 0 aromatic heterocycles. The van der Waals surface area contributed by atoms with E-state index in [-0.39, 0.29) is 23.1 Å². The Morgan fingerprint density at radius 1 is 0.909 bits per heavy atom. The summed E-state index contributed by atoms with van der Waals surface area (Å²) in [4.78, 5) is 27.0. The van der Waals surface area contributed by atoms with Crippen LogP contribution in [0.5, 0.6) is 0 Å². The molecule has 2 N–H and O–H groups in total. The lowest BCUT2D eigenvalue weighted by atomic mass is 10.1. The van der Waals surface area contributed by atoms with Gasteiger partial charge in [-0.1, -0.05) is 35.9 Å².